The standard InChI is InChI=1S/C9H9ClN2OS/c10-8-6-1-7(5-2-13-3-5)14-9(6)12-4-11-8/h1,4-5,8H,2-3H2,(H,11,12). The molecule has 2 aliphatic heterocycles. The Balaban J connectivity index is 1.95. The number of thiophene rings is 1. The van der Waals surface area contributed by atoms with Gasteiger partial charge < -0.3 is 10.1 Å². The van der Waals surface area contributed by atoms with E-state index in [0.717, 1.165) is 23.8 Å². The van der Waals surface area contributed by atoms with Crippen LogP contribution in [0.4, 0.5) is 5.00 Å². The van der Waals surface area contributed by atoms with Crippen LogP contribution in [0, 0.1) is 0 Å². The van der Waals surface area contributed by atoms with Gasteiger partial charge in [0.2, 0.25) is 0 Å². The molecule has 1 saturated heterocycles. The van der Waals surface area contributed by atoms with Gasteiger partial charge in [-0.15, -0.1) is 11.3 Å². The third-order valence-electron chi connectivity index (χ3n) is 2.48. The maximum absolute atomic E-state index is 6.06. The zero-order valence-electron chi connectivity index (χ0n) is 7.37. The smallest absolute Gasteiger partial charge is 0.153 e. The van der Waals surface area contributed by atoms with Crippen LogP contribution in [0.1, 0.15) is 21.9 Å². The molecule has 14 heavy (non-hydrogen) atoms. The molecule has 1 fully saturated rings. The second-order valence-corrected chi connectivity index (χ2v) is 4.92. The molecule has 0 amide bonds. The number of alkyl halides is 1. The number of rotatable bonds is 1. The summed E-state index contributed by atoms with van der Waals surface area (Å²) in [6.07, 6.45) is 1.66. The van der Waals surface area contributed by atoms with E-state index in [1.165, 1.54) is 4.88 Å². The first-order valence-electron chi connectivity index (χ1n) is 4.48. The number of halogens is 1. The van der Waals surface area contributed by atoms with Crippen LogP contribution in [-0.2, 0) is 4.74 Å². The van der Waals surface area contributed by atoms with Crippen molar-refractivity contribution in [1.29, 1.82) is 0 Å². The van der Waals surface area contributed by atoms with Crippen LogP contribution < -0.4 is 5.32 Å². The van der Waals surface area contributed by atoms with Crippen LogP contribution in [0.25, 0.3) is 0 Å². The highest BCUT2D eigenvalue weighted by molar-refractivity contribution is 7.16. The van der Waals surface area contributed by atoms with E-state index in [1.807, 2.05) is 0 Å². The first-order valence-corrected chi connectivity index (χ1v) is 5.73. The molecule has 74 valence electrons. The highest BCUT2D eigenvalue weighted by Crippen LogP contribution is 2.42. The van der Waals surface area contributed by atoms with Crippen LogP contribution in [-0.4, -0.2) is 19.6 Å². The molecule has 3 heterocycles. The summed E-state index contributed by atoms with van der Waals surface area (Å²) in [7, 11) is 0. The Morgan fingerprint density at radius 3 is 3.07 bits per heavy atom. The first-order chi connectivity index (χ1) is 6.84. The molecule has 1 aromatic heterocycles. The van der Waals surface area contributed by atoms with E-state index in [4.69, 9.17) is 16.3 Å². The Morgan fingerprint density at radius 2 is 2.43 bits per heavy atom. The van der Waals surface area contributed by atoms with Gasteiger partial charge in [-0.05, 0) is 6.07 Å². The van der Waals surface area contributed by atoms with Crippen LogP contribution in [0.2, 0.25) is 0 Å². The summed E-state index contributed by atoms with van der Waals surface area (Å²) < 4.78 is 5.17. The van der Waals surface area contributed by atoms with Crippen LogP contribution >= 0.6 is 22.9 Å². The van der Waals surface area contributed by atoms with Gasteiger partial charge in [-0.25, -0.2) is 0 Å². The largest absolute Gasteiger partial charge is 0.380 e. The number of fused-ring (bicyclic) bond motifs is 1. The predicted octanol–water partition coefficient (Wildman–Crippen LogP) is 2.55. The molecule has 3 nitrogen and oxygen atoms in total. The SMILES string of the molecule is ClC1N=CNc2sc(C3COC3)cc21. The van der Waals surface area contributed by atoms with Crippen molar-refractivity contribution >= 4 is 34.3 Å². The van der Waals surface area contributed by atoms with Gasteiger partial charge in [-0.1, -0.05) is 11.6 Å². The maximum atomic E-state index is 6.06. The lowest BCUT2D eigenvalue weighted by atomic mass is 10.1. The monoisotopic (exact) mass is 228 g/mol. The number of hydrogen-bond donors (Lipinski definition) is 1. The van der Waals surface area contributed by atoms with Gasteiger partial charge >= 0.3 is 0 Å². The van der Waals surface area contributed by atoms with E-state index in [1.54, 1.807) is 17.7 Å². The van der Waals surface area contributed by atoms with Crippen molar-refractivity contribution in [3.8, 4) is 0 Å². The number of nitrogens with zero attached hydrogens (tertiary/aromatic N) is 1. The lowest BCUT2D eigenvalue weighted by Gasteiger charge is -2.24. The molecule has 2 aliphatic rings. The van der Waals surface area contributed by atoms with Gasteiger partial charge in [0.1, 0.15) is 5.00 Å². The number of nitrogens with one attached hydrogen (secondary N) is 1. The van der Waals surface area contributed by atoms with E-state index in [9.17, 15) is 0 Å². The number of ether oxygens (including phenoxy) is 1. The molecule has 1 N–H and O–H groups in total. The lowest BCUT2D eigenvalue weighted by molar-refractivity contribution is 0.00986. The predicted molar refractivity (Wildman–Crippen MR) is 58.6 cm³/mol. The Bertz CT molecular complexity index is 386. The van der Waals surface area contributed by atoms with Crippen molar-refractivity contribution in [2.45, 2.75) is 11.4 Å². The molecule has 1 unspecified atom stereocenters. The number of aliphatic imine (C=N–C) groups is 1. The molecular formula is C9H9ClN2OS. The average molecular weight is 229 g/mol. The van der Waals surface area contributed by atoms with E-state index >= 15 is 0 Å². The fourth-order valence-electron chi connectivity index (χ4n) is 1.56. The van der Waals surface area contributed by atoms with Crippen molar-refractivity contribution in [2.75, 3.05) is 18.5 Å². The molecule has 5 heteroatoms. The van der Waals surface area contributed by atoms with E-state index in [2.05, 4.69) is 16.4 Å². The third-order valence-corrected chi connectivity index (χ3v) is 4.07. The molecule has 0 radical (unpaired) electrons. The summed E-state index contributed by atoms with van der Waals surface area (Å²) >= 11 is 7.82. The van der Waals surface area contributed by atoms with E-state index < -0.39 is 0 Å². The Hall–Kier alpha value is -0.580. The van der Waals surface area contributed by atoms with Gasteiger partial charge in [0.25, 0.3) is 0 Å². The van der Waals surface area contributed by atoms with Crippen molar-refractivity contribution in [2.24, 2.45) is 4.99 Å². The topological polar surface area (TPSA) is 33.6 Å². The van der Waals surface area contributed by atoms with Crippen molar-refractivity contribution < 1.29 is 4.74 Å². The summed E-state index contributed by atoms with van der Waals surface area (Å²) in [5.41, 5.74) is 0.873. The quantitative estimate of drug-likeness (QED) is 0.592. The summed E-state index contributed by atoms with van der Waals surface area (Å²) in [5, 5.41) is 4.24. The van der Waals surface area contributed by atoms with Gasteiger partial charge in [0.15, 0.2) is 5.50 Å². The normalized spacial score (nSPS) is 25.4. The van der Waals surface area contributed by atoms with Crippen molar-refractivity contribution in [3.63, 3.8) is 0 Å². The van der Waals surface area contributed by atoms with Crippen LogP contribution in [0.5, 0.6) is 0 Å². The second kappa shape index (κ2) is 3.22. The molecule has 0 saturated carbocycles. The van der Waals surface area contributed by atoms with Crippen molar-refractivity contribution in [3.05, 3.63) is 16.5 Å². The van der Waals surface area contributed by atoms with Crippen LogP contribution in [0.3, 0.4) is 0 Å². The lowest BCUT2D eigenvalue weighted by Crippen LogP contribution is -2.24. The summed E-state index contributed by atoms with van der Waals surface area (Å²) in [5.74, 6) is 0.566. The number of hydrogen-bond acceptors (Lipinski definition) is 4. The maximum Gasteiger partial charge on any atom is 0.153 e. The summed E-state index contributed by atoms with van der Waals surface area (Å²) in [4.78, 5) is 5.44. The number of anilines is 1. The van der Waals surface area contributed by atoms with Gasteiger partial charge in [-0.3, -0.25) is 4.99 Å². The van der Waals surface area contributed by atoms with Gasteiger partial charge in [-0.2, -0.15) is 0 Å². The minimum Gasteiger partial charge on any atom is -0.380 e. The molecular weight excluding hydrogens is 220 g/mol. The first kappa shape index (κ1) is 8.71. The molecule has 0 bridgehead atoms. The molecule has 1 aromatic rings. The molecule has 0 aliphatic carbocycles. The van der Waals surface area contributed by atoms with Crippen LogP contribution in [0.15, 0.2) is 11.1 Å². The van der Waals surface area contributed by atoms with E-state index in [0.29, 0.717) is 5.92 Å². The highest BCUT2D eigenvalue weighted by atomic mass is 35.5. The fraction of sp³-hybridized carbons (Fsp3) is 0.444. The molecule has 0 spiro atoms. The van der Waals surface area contributed by atoms with Gasteiger partial charge in [0, 0.05) is 16.4 Å². The summed E-state index contributed by atoms with van der Waals surface area (Å²) in [6, 6.07) is 2.15. The molecule has 3 rings (SSSR count). The minimum atomic E-state index is -0.225. The van der Waals surface area contributed by atoms with E-state index in [-0.39, 0.29) is 5.50 Å². The van der Waals surface area contributed by atoms with Crippen molar-refractivity contribution in [1.82, 2.24) is 0 Å². The second-order valence-electron chi connectivity index (χ2n) is 3.43. The zero-order valence-corrected chi connectivity index (χ0v) is 8.94. The molecule has 0 aromatic carbocycles. The Morgan fingerprint density at radius 1 is 1.57 bits per heavy atom. The zero-order chi connectivity index (χ0) is 9.54. The van der Waals surface area contributed by atoms with Gasteiger partial charge in [0.05, 0.1) is 19.6 Å². The molecule has 1 atom stereocenters. The third kappa shape index (κ3) is 1.26. The summed E-state index contributed by atoms with van der Waals surface area (Å²) in [6.45, 7) is 1.68. The fourth-order valence-corrected chi connectivity index (χ4v) is 2.98. The Labute approximate surface area is 90.7 Å². The highest BCUT2D eigenvalue weighted by Gasteiger charge is 2.26. The Kier molecular flexibility index (Phi) is 2.00. The minimum absolute atomic E-state index is 0.225. The average Bonchev–Trinajstić information content (AvgIpc) is 2.46.